The van der Waals surface area contributed by atoms with E-state index >= 15 is 0 Å². The normalized spacial score (nSPS) is 14.5. The van der Waals surface area contributed by atoms with Crippen molar-refractivity contribution in [3.05, 3.63) is 10.7 Å². The summed E-state index contributed by atoms with van der Waals surface area (Å²) in [5.74, 6) is 0.870. The number of halogens is 1. The average Bonchev–Trinajstić information content (AvgIpc) is 2.25. The van der Waals surface area contributed by atoms with Gasteiger partial charge in [0, 0.05) is 17.5 Å². The molecule has 0 saturated carbocycles. The summed E-state index contributed by atoms with van der Waals surface area (Å²) in [7, 11) is 0. The molecule has 0 spiro atoms. The minimum absolute atomic E-state index is 0.0885. The lowest BCUT2D eigenvalue weighted by Gasteiger charge is -2.22. The molecule has 1 aromatic heterocycles. The minimum Gasteiger partial charge on any atom is -0.395 e. The summed E-state index contributed by atoms with van der Waals surface area (Å²) >= 11 is 4.94. The smallest absolute Gasteiger partial charge is 0.221 e. The fourth-order valence-electron chi connectivity index (χ4n) is 1.23. The first-order valence-electron chi connectivity index (χ1n) is 4.76. The molecule has 16 heavy (non-hydrogen) atoms. The largest absolute Gasteiger partial charge is 0.395 e. The predicted octanol–water partition coefficient (Wildman–Crippen LogP) is 1.35. The van der Waals surface area contributed by atoms with Crippen molar-refractivity contribution < 1.29 is 5.11 Å². The van der Waals surface area contributed by atoms with Crippen molar-refractivity contribution >= 4 is 39.5 Å². The maximum absolute atomic E-state index is 9.17. The van der Waals surface area contributed by atoms with E-state index in [4.69, 9.17) is 10.8 Å². The van der Waals surface area contributed by atoms with Gasteiger partial charge in [-0.25, -0.2) is 4.98 Å². The van der Waals surface area contributed by atoms with Gasteiger partial charge < -0.3 is 16.2 Å². The molecule has 4 N–H and O–H groups in total. The van der Waals surface area contributed by atoms with Crippen molar-refractivity contribution in [2.45, 2.75) is 18.2 Å². The fourth-order valence-corrected chi connectivity index (χ4v) is 2.16. The third-order valence-corrected chi connectivity index (χ3v) is 3.91. The van der Waals surface area contributed by atoms with Crippen molar-refractivity contribution in [3.63, 3.8) is 0 Å². The Kier molecular flexibility index (Phi) is 5.30. The zero-order valence-electron chi connectivity index (χ0n) is 9.14. The summed E-state index contributed by atoms with van der Waals surface area (Å²) in [6.07, 6.45) is 3.56. The van der Waals surface area contributed by atoms with Crippen LogP contribution in [-0.2, 0) is 0 Å². The molecular weight excluding hydrogens is 292 g/mol. The number of aliphatic hydroxyl groups excluding tert-OH is 1. The van der Waals surface area contributed by atoms with Gasteiger partial charge in [-0.1, -0.05) is 0 Å². The van der Waals surface area contributed by atoms with Crippen molar-refractivity contribution in [1.82, 2.24) is 9.97 Å². The Labute approximate surface area is 107 Å². The summed E-state index contributed by atoms with van der Waals surface area (Å²) in [6.45, 7) is 2.11. The number of hydrogen-bond donors (Lipinski definition) is 3. The number of thioether (sulfide) groups is 1. The Balaban J connectivity index is 2.75. The van der Waals surface area contributed by atoms with Crippen LogP contribution in [0.15, 0.2) is 10.7 Å². The van der Waals surface area contributed by atoms with Crippen LogP contribution in [0, 0.1) is 0 Å². The number of hydrogen-bond acceptors (Lipinski definition) is 6. The Morgan fingerprint density at radius 3 is 2.94 bits per heavy atom. The number of nitrogen functional groups attached to an aromatic ring is 1. The van der Waals surface area contributed by atoms with Gasteiger partial charge in [0.2, 0.25) is 5.95 Å². The van der Waals surface area contributed by atoms with E-state index in [2.05, 4.69) is 31.2 Å². The summed E-state index contributed by atoms with van der Waals surface area (Å²) < 4.78 is 0.756. The molecule has 0 aliphatic heterocycles. The summed E-state index contributed by atoms with van der Waals surface area (Å²) in [4.78, 5) is 7.94. The van der Waals surface area contributed by atoms with Crippen LogP contribution >= 0.6 is 27.7 Å². The molecule has 0 aliphatic rings. The molecule has 2 atom stereocenters. The molecule has 5 nitrogen and oxygen atoms in total. The van der Waals surface area contributed by atoms with Crippen LogP contribution < -0.4 is 11.1 Å². The van der Waals surface area contributed by atoms with Crippen molar-refractivity contribution in [3.8, 4) is 0 Å². The Hall–Kier alpha value is -0.530. The molecule has 0 aromatic carbocycles. The number of nitrogens with two attached hydrogens (primary N) is 1. The first-order valence-corrected chi connectivity index (χ1v) is 6.84. The Morgan fingerprint density at radius 2 is 2.38 bits per heavy atom. The van der Waals surface area contributed by atoms with E-state index in [9.17, 15) is 0 Å². The number of nitrogens with zero attached hydrogens (tertiary/aromatic N) is 2. The van der Waals surface area contributed by atoms with E-state index in [0.29, 0.717) is 5.82 Å². The number of anilines is 2. The van der Waals surface area contributed by atoms with Gasteiger partial charge in [0.15, 0.2) is 0 Å². The van der Waals surface area contributed by atoms with Gasteiger partial charge in [-0.15, -0.1) is 0 Å². The van der Waals surface area contributed by atoms with Gasteiger partial charge >= 0.3 is 0 Å². The Morgan fingerprint density at radius 1 is 1.69 bits per heavy atom. The predicted molar refractivity (Wildman–Crippen MR) is 71.6 cm³/mol. The van der Waals surface area contributed by atoms with Crippen molar-refractivity contribution in [2.24, 2.45) is 0 Å². The third kappa shape index (κ3) is 3.50. The van der Waals surface area contributed by atoms with Crippen LogP contribution in [0.25, 0.3) is 0 Å². The zero-order chi connectivity index (χ0) is 12.1. The van der Waals surface area contributed by atoms with Crippen LogP contribution in [-0.4, -0.2) is 39.2 Å². The molecule has 2 unspecified atom stereocenters. The maximum Gasteiger partial charge on any atom is 0.221 e. The second-order valence-electron chi connectivity index (χ2n) is 3.31. The van der Waals surface area contributed by atoms with Gasteiger partial charge in [-0.2, -0.15) is 16.7 Å². The van der Waals surface area contributed by atoms with Crippen molar-refractivity contribution in [2.75, 3.05) is 23.9 Å². The number of nitrogens with one attached hydrogen (secondary N) is 1. The monoisotopic (exact) mass is 306 g/mol. The standard InChI is InChI=1S/C9H15BrN4OS/c1-5(7(4-15)16-2)13-8-6(10)3-12-9(11)14-8/h3,5,7,15H,4H2,1-2H3,(H3,11,12,13,14). The van der Waals surface area contributed by atoms with Crippen LogP contribution in [0.5, 0.6) is 0 Å². The minimum atomic E-state index is 0.0885. The van der Waals surface area contributed by atoms with E-state index in [0.717, 1.165) is 4.47 Å². The van der Waals surface area contributed by atoms with E-state index in [-0.39, 0.29) is 23.8 Å². The van der Waals surface area contributed by atoms with Crippen molar-refractivity contribution in [1.29, 1.82) is 0 Å². The highest BCUT2D eigenvalue weighted by Crippen LogP contribution is 2.22. The molecule has 1 heterocycles. The topological polar surface area (TPSA) is 84.1 Å². The lowest BCUT2D eigenvalue weighted by Crippen LogP contribution is -2.31. The maximum atomic E-state index is 9.17. The van der Waals surface area contributed by atoms with Gasteiger partial charge in [-0.3, -0.25) is 0 Å². The van der Waals surface area contributed by atoms with E-state index in [1.165, 1.54) is 0 Å². The lowest BCUT2D eigenvalue weighted by atomic mass is 10.2. The Bertz CT molecular complexity index is 348. The van der Waals surface area contributed by atoms with Crippen LogP contribution in [0.1, 0.15) is 6.92 Å². The molecule has 1 rings (SSSR count). The van der Waals surface area contributed by atoms with Crippen LogP contribution in [0.2, 0.25) is 0 Å². The molecule has 0 bridgehead atoms. The van der Waals surface area contributed by atoms with E-state index < -0.39 is 0 Å². The second kappa shape index (κ2) is 6.27. The molecule has 0 amide bonds. The first-order chi connectivity index (χ1) is 7.58. The summed E-state index contributed by atoms with van der Waals surface area (Å²) in [5.41, 5.74) is 5.51. The molecular formula is C9H15BrN4OS. The van der Waals surface area contributed by atoms with Gasteiger partial charge in [-0.05, 0) is 29.1 Å². The van der Waals surface area contributed by atoms with Gasteiger partial charge in [0.05, 0.1) is 11.1 Å². The summed E-state index contributed by atoms with van der Waals surface area (Å²) in [5, 5.41) is 12.5. The van der Waals surface area contributed by atoms with Crippen LogP contribution in [0.3, 0.4) is 0 Å². The number of aliphatic hydroxyl groups is 1. The number of rotatable bonds is 5. The van der Waals surface area contributed by atoms with Gasteiger partial charge in [0.25, 0.3) is 0 Å². The average molecular weight is 307 g/mol. The van der Waals surface area contributed by atoms with Gasteiger partial charge in [0.1, 0.15) is 5.82 Å². The third-order valence-electron chi connectivity index (χ3n) is 2.17. The highest BCUT2D eigenvalue weighted by molar-refractivity contribution is 9.10. The molecule has 7 heteroatoms. The van der Waals surface area contributed by atoms with E-state index in [1.54, 1.807) is 18.0 Å². The molecule has 0 aliphatic carbocycles. The highest BCUT2D eigenvalue weighted by atomic mass is 79.9. The summed E-state index contributed by atoms with van der Waals surface area (Å²) in [6, 6.07) is 0.0885. The van der Waals surface area contributed by atoms with E-state index in [1.807, 2.05) is 13.2 Å². The fraction of sp³-hybridized carbons (Fsp3) is 0.556. The SMILES string of the molecule is CSC(CO)C(C)Nc1nc(N)ncc1Br. The zero-order valence-corrected chi connectivity index (χ0v) is 11.5. The quantitative estimate of drug-likeness (QED) is 0.761. The lowest BCUT2D eigenvalue weighted by molar-refractivity contribution is 0.288. The van der Waals surface area contributed by atoms with Crippen LogP contribution in [0.4, 0.5) is 11.8 Å². The second-order valence-corrected chi connectivity index (χ2v) is 5.25. The first kappa shape index (κ1) is 13.5. The number of aromatic nitrogens is 2. The molecule has 0 radical (unpaired) electrons. The molecule has 0 fully saturated rings. The highest BCUT2D eigenvalue weighted by Gasteiger charge is 2.16. The molecule has 90 valence electrons. The molecule has 0 saturated heterocycles. The molecule has 1 aromatic rings.